The minimum Gasteiger partial charge on any atom is -0.309 e. The molecule has 0 N–H and O–H groups in total. The predicted octanol–water partition coefficient (Wildman–Crippen LogP) is 12.6. The van der Waals surface area contributed by atoms with Gasteiger partial charge < -0.3 is 4.57 Å². The van der Waals surface area contributed by atoms with Crippen molar-refractivity contribution in [2.24, 2.45) is 0 Å². The van der Waals surface area contributed by atoms with Crippen LogP contribution >= 0.6 is 0 Å². The van der Waals surface area contributed by atoms with Crippen molar-refractivity contribution in [1.82, 2.24) is 19.5 Å². The molecule has 0 aliphatic heterocycles. The second-order valence-electron chi connectivity index (χ2n) is 15.9. The fourth-order valence-electron chi connectivity index (χ4n) is 8.63. The van der Waals surface area contributed by atoms with Crippen molar-refractivity contribution in [2.75, 3.05) is 0 Å². The monoisotopic (exact) mass is 684 g/mol. The average molecular weight is 685 g/mol. The van der Waals surface area contributed by atoms with Crippen LogP contribution in [0.25, 0.3) is 83.2 Å². The summed E-state index contributed by atoms with van der Waals surface area (Å²) in [7, 11) is 0. The van der Waals surface area contributed by atoms with E-state index in [0.717, 1.165) is 33.2 Å². The molecule has 1 aliphatic carbocycles. The Hall–Kier alpha value is -6.13. The highest BCUT2D eigenvalue weighted by molar-refractivity contribution is 6.19. The highest BCUT2D eigenvalue weighted by atomic mass is 15.0. The SMILES string of the molecule is CC1(C)CCC(C)(C)c2cc3c(cc21)c1ccc2ccccc2c1n3-c1ccc(-c2nc(-c3ccccc3)nc(-c3cccc4ccccc34)n2)cc1. The van der Waals surface area contributed by atoms with Crippen LogP contribution in [0.2, 0.25) is 0 Å². The van der Waals surface area contributed by atoms with Gasteiger partial charge in [0.15, 0.2) is 17.5 Å². The fraction of sp³-hybridized carbons (Fsp3) is 0.163. The fourth-order valence-corrected chi connectivity index (χ4v) is 8.63. The number of aromatic nitrogens is 4. The molecule has 9 aromatic rings. The maximum atomic E-state index is 5.13. The average Bonchev–Trinajstić information content (AvgIpc) is 3.53. The standard InChI is InChI=1S/C49H40N4/c1-48(2)27-28-49(3,4)42-30-43-40(29-41(42)48)38-26-23-32-14-9-11-19-37(32)44(38)53(43)35-24-21-34(22-25-35)46-50-45(33-15-6-5-7-16-33)51-47(52-46)39-20-12-17-31-13-8-10-18-36(31)39/h5-26,29-30H,27-28H2,1-4H3. The van der Waals surface area contributed by atoms with Gasteiger partial charge in [0.2, 0.25) is 0 Å². The van der Waals surface area contributed by atoms with E-state index in [4.69, 9.17) is 15.0 Å². The van der Waals surface area contributed by atoms with E-state index in [2.05, 4.69) is 160 Å². The third kappa shape index (κ3) is 5.08. The van der Waals surface area contributed by atoms with Gasteiger partial charge in [-0.05, 0) is 87.4 Å². The summed E-state index contributed by atoms with van der Waals surface area (Å²) in [5.74, 6) is 1.98. The molecule has 0 bridgehead atoms. The topological polar surface area (TPSA) is 43.6 Å². The molecule has 0 radical (unpaired) electrons. The second-order valence-corrected chi connectivity index (χ2v) is 15.9. The third-order valence-electron chi connectivity index (χ3n) is 11.7. The molecule has 2 aromatic heterocycles. The Morgan fingerprint density at radius 3 is 1.74 bits per heavy atom. The van der Waals surface area contributed by atoms with Crippen LogP contribution in [0, 0.1) is 0 Å². The van der Waals surface area contributed by atoms with Gasteiger partial charge in [0.25, 0.3) is 0 Å². The van der Waals surface area contributed by atoms with Gasteiger partial charge in [0.1, 0.15) is 0 Å². The predicted molar refractivity (Wildman–Crippen MR) is 221 cm³/mol. The summed E-state index contributed by atoms with van der Waals surface area (Å²) >= 11 is 0. The van der Waals surface area contributed by atoms with E-state index in [1.165, 1.54) is 56.5 Å². The van der Waals surface area contributed by atoms with Crippen molar-refractivity contribution in [3.05, 3.63) is 157 Å². The van der Waals surface area contributed by atoms with Crippen LogP contribution in [0.4, 0.5) is 0 Å². The molecule has 0 fully saturated rings. The lowest BCUT2D eigenvalue weighted by atomic mass is 9.63. The Morgan fingerprint density at radius 2 is 1.02 bits per heavy atom. The molecule has 53 heavy (non-hydrogen) atoms. The van der Waals surface area contributed by atoms with Crippen LogP contribution < -0.4 is 0 Å². The number of nitrogens with zero attached hydrogens (tertiary/aromatic N) is 4. The van der Waals surface area contributed by atoms with Crippen molar-refractivity contribution in [3.8, 4) is 39.9 Å². The van der Waals surface area contributed by atoms with E-state index >= 15 is 0 Å². The minimum absolute atomic E-state index is 0.100. The van der Waals surface area contributed by atoms with E-state index in [1.807, 2.05) is 18.2 Å². The van der Waals surface area contributed by atoms with Crippen molar-refractivity contribution in [2.45, 2.75) is 51.4 Å². The molecule has 7 aromatic carbocycles. The van der Waals surface area contributed by atoms with Crippen LogP contribution in [0.3, 0.4) is 0 Å². The zero-order chi connectivity index (χ0) is 35.9. The maximum Gasteiger partial charge on any atom is 0.164 e. The molecule has 10 rings (SSSR count). The van der Waals surface area contributed by atoms with Crippen molar-refractivity contribution < 1.29 is 0 Å². The molecule has 0 atom stereocenters. The Morgan fingerprint density at radius 1 is 0.453 bits per heavy atom. The van der Waals surface area contributed by atoms with Crippen molar-refractivity contribution >= 4 is 43.4 Å². The van der Waals surface area contributed by atoms with Gasteiger partial charge >= 0.3 is 0 Å². The molecule has 4 nitrogen and oxygen atoms in total. The Balaban J connectivity index is 1.18. The lowest BCUT2D eigenvalue weighted by molar-refractivity contribution is 0.332. The summed E-state index contributed by atoms with van der Waals surface area (Å²) in [5.41, 5.74) is 9.68. The molecule has 256 valence electrons. The van der Waals surface area contributed by atoms with Gasteiger partial charge in [0, 0.05) is 38.5 Å². The first-order valence-electron chi connectivity index (χ1n) is 18.7. The van der Waals surface area contributed by atoms with Crippen LogP contribution in [-0.2, 0) is 10.8 Å². The number of benzene rings is 7. The number of hydrogen-bond donors (Lipinski definition) is 0. The van der Waals surface area contributed by atoms with E-state index < -0.39 is 0 Å². The van der Waals surface area contributed by atoms with E-state index in [1.54, 1.807) is 0 Å². The molecule has 2 heterocycles. The smallest absolute Gasteiger partial charge is 0.164 e. The Kier molecular flexibility index (Phi) is 6.97. The normalized spacial score (nSPS) is 14.9. The summed E-state index contributed by atoms with van der Waals surface area (Å²) in [5, 5.41) is 7.37. The molecular weight excluding hydrogens is 645 g/mol. The summed E-state index contributed by atoms with van der Waals surface area (Å²) in [6, 6.07) is 52.1. The quantitative estimate of drug-likeness (QED) is 0.185. The van der Waals surface area contributed by atoms with Gasteiger partial charge in [-0.1, -0.05) is 137 Å². The van der Waals surface area contributed by atoms with E-state index in [9.17, 15) is 0 Å². The first-order valence-corrected chi connectivity index (χ1v) is 18.7. The Bertz CT molecular complexity index is 2870. The van der Waals surface area contributed by atoms with Crippen LogP contribution in [-0.4, -0.2) is 19.5 Å². The molecule has 0 saturated heterocycles. The largest absolute Gasteiger partial charge is 0.309 e. The second kappa shape index (κ2) is 11.7. The summed E-state index contributed by atoms with van der Waals surface area (Å²) in [6.07, 6.45) is 2.36. The first-order chi connectivity index (χ1) is 25.7. The molecular formula is C49H40N4. The summed E-state index contributed by atoms with van der Waals surface area (Å²) in [6.45, 7) is 9.65. The van der Waals surface area contributed by atoms with Crippen molar-refractivity contribution in [1.29, 1.82) is 0 Å². The first kappa shape index (κ1) is 31.6. The third-order valence-corrected chi connectivity index (χ3v) is 11.7. The minimum atomic E-state index is 0.100. The number of rotatable bonds is 4. The lowest BCUT2D eigenvalue weighted by Crippen LogP contribution is -2.33. The highest BCUT2D eigenvalue weighted by Gasteiger charge is 2.38. The Labute approximate surface area is 309 Å². The maximum absolute atomic E-state index is 5.13. The van der Waals surface area contributed by atoms with Gasteiger partial charge in [-0.25, -0.2) is 15.0 Å². The van der Waals surface area contributed by atoms with Crippen LogP contribution in [0.15, 0.2) is 146 Å². The zero-order valence-electron chi connectivity index (χ0n) is 30.6. The summed E-state index contributed by atoms with van der Waals surface area (Å²) < 4.78 is 2.49. The zero-order valence-corrected chi connectivity index (χ0v) is 30.6. The molecule has 0 amide bonds. The van der Waals surface area contributed by atoms with Crippen LogP contribution in [0.5, 0.6) is 0 Å². The van der Waals surface area contributed by atoms with E-state index in [0.29, 0.717) is 17.5 Å². The van der Waals surface area contributed by atoms with Gasteiger partial charge in [-0.2, -0.15) is 0 Å². The van der Waals surface area contributed by atoms with Crippen molar-refractivity contribution in [3.63, 3.8) is 0 Å². The van der Waals surface area contributed by atoms with E-state index in [-0.39, 0.29) is 10.8 Å². The van der Waals surface area contributed by atoms with Gasteiger partial charge in [-0.3, -0.25) is 0 Å². The van der Waals surface area contributed by atoms with Crippen LogP contribution in [0.1, 0.15) is 51.7 Å². The molecule has 0 unspecified atom stereocenters. The number of hydrogen-bond acceptors (Lipinski definition) is 3. The van der Waals surface area contributed by atoms with Gasteiger partial charge in [-0.15, -0.1) is 0 Å². The highest BCUT2D eigenvalue weighted by Crippen LogP contribution is 2.49. The molecule has 0 saturated carbocycles. The summed E-state index contributed by atoms with van der Waals surface area (Å²) in [4.78, 5) is 15.2. The number of fused-ring (bicyclic) bond motifs is 7. The van der Waals surface area contributed by atoms with Gasteiger partial charge in [0.05, 0.1) is 11.0 Å². The lowest BCUT2D eigenvalue weighted by Gasteiger charge is -2.42. The molecule has 0 spiro atoms. The molecule has 4 heteroatoms. The molecule has 1 aliphatic rings.